The average molecular weight is 413 g/mol. The molecule has 152 valence electrons. The number of carbonyl (C=O) groups is 1. The van der Waals surface area contributed by atoms with Crippen LogP contribution >= 0.6 is 0 Å². The summed E-state index contributed by atoms with van der Waals surface area (Å²) in [5.74, 6) is -0.445. The first-order chi connectivity index (χ1) is 14.3. The highest BCUT2D eigenvalue weighted by atomic mass is 19.4. The van der Waals surface area contributed by atoms with Crippen LogP contribution in [0.2, 0.25) is 0 Å². The first-order valence-electron chi connectivity index (χ1n) is 8.79. The Morgan fingerprint density at radius 3 is 2.63 bits per heavy atom. The van der Waals surface area contributed by atoms with Gasteiger partial charge in [0.15, 0.2) is 5.65 Å². The second kappa shape index (κ2) is 7.47. The standard InChI is InChI=1S/C20H14F3N5O2/c21-20(22,23)13-3-1-2-12(8-13)9-17(29)27-14-4-6-15(7-5-14)28-18-16(10-26-28)19(30)25-11-24-18/h1-8,10-11H,9H2,(H,27,29)(H,24,25,30). The summed E-state index contributed by atoms with van der Waals surface area (Å²) in [6, 6.07) is 11.3. The summed E-state index contributed by atoms with van der Waals surface area (Å²) in [5, 5.41) is 7.15. The Morgan fingerprint density at radius 2 is 1.90 bits per heavy atom. The Balaban J connectivity index is 1.48. The van der Waals surface area contributed by atoms with E-state index >= 15 is 0 Å². The molecule has 0 aliphatic carbocycles. The van der Waals surface area contributed by atoms with E-state index in [4.69, 9.17) is 0 Å². The quantitative estimate of drug-likeness (QED) is 0.537. The topological polar surface area (TPSA) is 92.7 Å². The van der Waals surface area contributed by atoms with Crippen LogP contribution in [-0.4, -0.2) is 25.7 Å². The van der Waals surface area contributed by atoms with Gasteiger partial charge in [-0.3, -0.25) is 9.59 Å². The van der Waals surface area contributed by atoms with Crippen LogP contribution in [-0.2, 0) is 17.4 Å². The van der Waals surface area contributed by atoms with Gasteiger partial charge >= 0.3 is 6.18 Å². The highest BCUT2D eigenvalue weighted by Crippen LogP contribution is 2.29. The van der Waals surface area contributed by atoms with E-state index in [1.54, 1.807) is 24.3 Å². The molecule has 2 aromatic carbocycles. The lowest BCUT2D eigenvalue weighted by Crippen LogP contribution is -2.15. The molecule has 2 N–H and O–H groups in total. The Morgan fingerprint density at radius 1 is 1.13 bits per heavy atom. The number of fused-ring (bicyclic) bond motifs is 1. The monoisotopic (exact) mass is 413 g/mol. The summed E-state index contributed by atoms with van der Waals surface area (Å²) in [4.78, 5) is 30.6. The molecule has 10 heteroatoms. The van der Waals surface area contributed by atoms with Gasteiger partial charge in [0, 0.05) is 5.69 Å². The lowest BCUT2D eigenvalue weighted by Gasteiger charge is -2.10. The van der Waals surface area contributed by atoms with Crippen LogP contribution in [0.15, 0.2) is 65.8 Å². The van der Waals surface area contributed by atoms with Gasteiger partial charge in [0.25, 0.3) is 5.56 Å². The van der Waals surface area contributed by atoms with Crippen molar-refractivity contribution in [2.24, 2.45) is 0 Å². The molecule has 4 rings (SSSR count). The van der Waals surface area contributed by atoms with E-state index in [1.165, 1.54) is 29.3 Å². The molecule has 7 nitrogen and oxygen atoms in total. The molecule has 2 heterocycles. The molecule has 0 saturated carbocycles. The molecule has 0 aliphatic heterocycles. The lowest BCUT2D eigenvalue weighted by atomic mass is 10.1. The molecule has 0 radical (unpaired) electrons. The molecule has 30 heavy (non-hydrogen) atoms. The van der Waals surface area contributed by atoms with Crippen molar-refractivity contribution >= 4 is 22.6 Å². The van der Waals surface area contributed by atoms with E-state index < -0.39 is 17.6 Å². The smallest absolute Gasteiger partial charge is 0.326 e. The normalized spacial score (nSPS) is 11.6. The number of anilines is 1. The summed E-state index contributed by atoms with van der Waals surface area (Å²) in [5.41, 5.74) is 0.649. The van der Waals surface area contributed by atoms with Crippen molar-refractivity contribution in [3.63, 3.8) is 0 Å². The third kappa shape index (κ3) is 3.93. The van der Waals surface area contributed by atoms with Gasteiger partial charge in [0.05, 0.1) is 30.2 Å². The molecule has 0 atom stereocenters. The number of aromatic amines is 1. The molecular weight excluding hydrogens is 399 g/mol. The Bertz CT molecular complexity index is 1280. The second-order valence-electron chi connectivity index (χ2n) is 6.50. The molecule has 0 aliphatic rings. The Labute approximate surface area is 167 Å². The second-order valence-corrected chi connectivity index (χ2v) is 6.50. The minimum atomic E-state index is -4.46. The Kier molecular flexibility index (Phi) is 4.82. The number of alkyl halides is 3. The predicted molar refractivity (Wildman–Crippen MR) is 103 cm³/mol. The lowest BCUT2D eigenvalue weighted by molar-refractivity contribution is -0.137. The van der Waals surface area contributed by atoms with Crippen LogP contribution in [0.1, 0.15) is 11.1 Å². The summed E-state index contributed by atoms with van der Waals surface area (Å²) < 4.78 is 39.9. The number of rotatable bonds is 4. The maximum atomic E-state index is 12.8. The summed E-state index contributed by atoms with van der Waals surface area (Å²) in [7, 11) is 0. The van der Waals surface area contributed by atoms with Crippen LogP contribution in [0.5, 0.6) is 0 Å². The van der Waals surface area contributed by atoms with Gasteiger partial charge in [-0.05, 0) is 35.9 Å². The Hall–Kier alpha value is -3.95. The van der Waals surface area contributed by atoms with Crippen molar-refractivity contribution in [2.45, 2.75) is 12.6 Å². The molecule has 0 spiro atoms. The number of carbonyl (C=O) groups excluding carboxylic acids is 1. The van der Waals surface area contributed by atoms with Crippen LogP contribution in [0.25, 0.3) is 16.7 Å². The van der Waals surface area contributed by atoms with Crippen molar-refractivity contribution in [3.05, 3.63) is 82.5 Å². The van der Waals surface area contributed by atoms with Gasteiger partial charge < -0.3 is 10.3 Å². The number of amides is 1. The van der Waals surface area contributed by atoms with Crippen LogP contribution < -0.4 is 10.9 Å². The molecule has 0 unspecified atom stereocenters. The van der Waals surface area contributed by atoms with Crippen LogP contribution in [0.3, 0.4) is 0 Å². The first kappa shape index (κ1) is 19.4. The summed E-state index contributed by atoms with van der Waals surface area (Å²) >= 11 is 0. The van der Waals surface area contributed by atoms with Crippen LogP contribution in [0, 0.1) is 0 Å². The molecular formula is C20H14F3N5O2. The molecule has 0 fully saturated rings. The van der Waals surface area contributed by atoms with Crippen molar-refractivity contribution in [1.29, 1.82) is 0 Å². The summed E-state index contributed by atoms with van der Waals surface area (Å²) in [6.45, 7) is 0. The van der Waals surface area contributed by atoms with E-state index in [0.29, 0.717) is 22.4 Å². The van der Waals surface area contributed by atoms with Gasteiger partial charge in [-0.2, -0.15) is 18.3 Å². The molecule has 0 bridgehead atoms. The number of halogens is 3. The van der Waals surface area contributed by atoms with Gasteiger partial charge in [0.2, 0.25) is 5.91 Å². The van der Waals surface area contributed by atoms with Crippen molar-refractivity contribution in [2.75, 3.05) is 5.32 Å². The van der Waals surface area contributed by atoms with E-state index in [0.717, 1.165) is 12.1 Å². The van der Waals surface area contributed by atoms with E-state index in [2.05, 4.69) is 20.4 Å². The maximum Gasteiger partial charge on any atom is 0.416 e. The first-order valence-corrected chi connectivity index (χ1v) is 8.79. The van der Waals surface area contributed by atoms with Crippen molar-refractivity contribution in [3.8, 4) is 5.69 Å². The van der Waals surface area contributed by atoms with Gasteiger partial charge in [-0.1, -0.05) is 18.2 Å². The molecule has 1 amide bonds. The number of aromatic nitrogens is 4. The van der Waals surface area contributed by atoms with E-state index in [1.807, 2.05) is 0 Å². The number of hydrogen-bond donors (Lipinski definition) is 2. The van der Waals surface area contributed by atoms with Gasteiger partial charge in [-0.15, -0.1) is 0 Å². The van der Waals surface area contributed by atoms with Crippen LogP contribution in [0.4, 0.5) is 18.9 Å². The fraction of sp³-hybridized carbons (Fsp3) is 0.100. The predicted octanol–water partition coefficient (Wildman–Crippen LogP) is 3.31. The number of nitrogens with one attached hydrogen (secondary N) is 2. The zero-order chi connectivity index (χ0) is 21.3. The zero-order valence-corrected chi connectivity index (χ0v) is 15.3. The molecule has 4 aromatic rings. The fourth-order valence-electron chi connectivity index (χ4n) is 2.98. The van der Waals surface area contributed by atoms with Gasteiger partial charge in [-0.25, -0.2) is 9.67 Å². The van der Waals surface area contributed by atoms with Crippen molar-refractivity contribution in [1.82, 2.24) is 19.7 Å². The number of H-pyrrole nitrogens is 1. The molecule has 0 saturated heterocycles. The molecule has 2 aromatic heterocycles. The number of benzene rings is 2. The van der Waals surface area contributed by atoms with Gasteiger partial charge in [0.1, 0.15) is 5.39 Å². The largest absolute Gasteiger partial charge is 0.416 e. The highest BCUT2D eigenvalue weighted by molar-refractivity contribution is 5.92. The van der Waals surface area contributed by atoms with E-state index in [9.17, 15) is 22.8 Å². The number of hydrogen-bond acceptors (Lipinski definition) is 4. The average Bonchev–Trinajstić information content (AvgIpc) is 3.14. The third-order valence-electron chi connectivity index (χ3n) is 4.39. The minimum absolute atomic E-state index is 0.192. The van der Waals surface area contributed by atoms with Crippen molar-refractivity contribution < 1.29 is 18.0 Å². The third-order valence-corrected chi connectivity index (χ3v) is 4.39. The zero-order valence-electron chi connectivity index (χ0n) is 15.3. The SMILES string of the molecule is O=C(Cc1cccc(C(F)(F)F)c1)Nc1ccc(-n2ncc3c(=O)[nH]cnc32)cc1. The number of nitrogens with zero attached hydrogens (tertiary/aromatic N) is 3. The fourth-order valence-corrected chi connectivity index (χ4v) is 2.98. The minimum Gasteiger partial charge on any atom is -0.326 e. The summed E-state index contributed by atoms with van der Waals surface area (Å²) in [6.07, 6.45) is -1.96. The highest BCUT2D eigenvalue weighted by Gasteiger charge is 2.30. The maximum absolute atomic E-state index is 12.8. The van der Waals surface area contributed by atoms with E-state index in [-0.39, 0.29) is 17.5 Å².